The van der Waals surface area contributed by atoms with Gasteiger partial charge in [-0.25, -0.2) is 13.6 Å². The lowest BCUT2D eigenvalue weighted by Crippen LogP contribution is -2.53. The Kier molecular flexibility index (Phi) is 9.36. The van der Waals surface area contributed by atoms with E-state index in [0.717, 1.165) is 5.39 Å². The molecule has 0 radical (unpaired) electrons. The number of nitrogens with one attached hydrogen (secondary N) is 2. The van der Waals surface area contributed by atoms with Crippen molar-refractivity contribution < 1.29 is 32.8 Å². The number of carbonyl (C=O) groups is 2. The third kappa shape index (κ3) is 7.44. The molecule has 3 amide bonds. The van der Waals surface area contributed by atoms with E-state index >= 15 is 0 Å². The lowest BCUT2D eigenvalue weighted by atomic mass is 9.76. The van der Waals surface area contributed by atoms with Crippen molar-refractivity contribution in [3.05, 3.63) is 47.7 Å². The Morgan fingerprint density at radius 2 is 1.98 bits per heavy atom. The number of rotatable bonds is 9. The van der Waals surface area contributed by atoms with Gasteiger partial charge in [-0.1, -0.05) is 18.2 Å². The zero-order valence-corrected chi connectivity index (χ0v) is 23.3. The Morgan fingerprint density at radius 1 is 1.27 bits per heavy atom. The van der Waals surface area contributed by atoms with Crippen LogP contribution in [0, 0.1) is 11.3 Å². The van der Waals surface area contributed by atoms with Crippen LogP contribution in [0.2, 0.25) is 0 Å². The molecule has 2 fully saturated rings. The van der Waals surface area contributed by atoms with E-state index in [1.807, 2.05) is 29.2 Å². The zero-order valence-electron chi connectivity index (χ0n) is 23.3. The maximum Gasteiger partial charge on any atom is 0.475 e. The number of para-hydroxylation sites is 1. The highest BCUT2D eigenvalue weighted by Gasteiger charge is 2.39. The van der Waals surface area contributed by atoms with Gasteiger partial charge in [0, 0.05) is 56.0 Å². The maximum atomic E-state index is 13.6. The van der Waals surface area contributed by atoms with Gasteiger partial charge in [0.1, 0.15) is 17.2 Å². The van der Waals surface area contributed by atoms with Crippen LogP contribution in [0.25, 0.3) is 11.0 Å². The van der Waals surface area contributed by atoms with Crippen molar-refractivity contribution in [2.45, 2.75) is 69.4 Å². The van der Waals surface area contributed by atoms with Crippen molar-refractivity contribution in [3.8, 4) is 6.07 Å². The first-order valence-electron chi connectivity index (χ1n) is 13.8. The van der Waals surface area contributed by atoms with Crippen molar-refractivity contribution in [2.75, 3.05) is 26.2 Å². The number of carbonyl (C=O) groups excluding carboxylic acids is 2. The molecule has 0 spiro atoms. The molecule has 1 aromatic heterocycles. The molecule has 0 bridgehead atoms. The number of urea groups is 1. The molecule has 2 aromatic rings. The summed E-state index contributed by atoms with van der Waals surface area (Å²) in [6, 6.07) is 8.28. The minimum atomic E-state index is -2.70. The number of furan rings is 1. The standard InChI is InChI=1S/C28H36BF2N5O5/c1-27(2,35-12-9-28(30,31)10-13-35)15-20(16-32)25(37)36-11-5-6-21(36)17-33-26(38)34-24(29(39)40)14-19-18-41-23-8-4-3-7-22(19)23/h3-4,7-8,15,18,21,24,39-40H,5-6,9-14,17H2,1-2H3,(H2,33,34,38)/b20-15+/t21-,24+/m1/s1. The van der Waals surface area contributed by atoms with Crippen LogP contribution >= 0.6 is 0 Å². The minimum Gasteiger partial charge on any atom is -0.464 e. The largest absolute Gasteiger partial charge is 0.475 e. The van der Waals surface area contributed by atoms with E-state index in [4.69, 9.17) is 4.42 Å². The van der Waals surface area contributed by atoms with Crippen LogP contribution < -0.4 is 10.6 Å². The number of nitriles is 1. The van der Waals surface area contributed by atoms with Gasteiger partial charge in [0.05, 0.1) is 12.2 Å². The van der Waals surface area contributed by atoms with Crippen LogP contribution in [-0.4, -0.2) is 88.5 Å². The second kappa shape index (κ2) is 12.6. The van der Waals surface area contributed by atoms with E-state index in [9.17, 15) is 33.7 Å². The summed E-state index contributed by atoms with van der Waals surface area (Å²) >= 11 is 0. The molecule has 0 aliphatic carbocycles. The molecule has 3 heterocycles. The highest BCUT2D eigenvalue weighted by molar-refractivity contribution is 6.43. The average molecular weight is 571 g/mol. The number of piperidine rings is 1. The molecule has 220 valence electrons. The van der Waals surface area contributed by atoms with Crippen molar-refractivity contribution in [2.24, 2.45) is 0 Å². The lowest BCUT2D eigenvalue weighted by Gasteiger charge is -2.41. The lowest BCUT2D eigenvalue weighted by molar-refractivity contribution is -0.127. The third-order valence-corrected chi connectivity index (χ3v) is 7.97. The van der Waals surface area contributed by atoms with Gasteiger partial charge in [-0.3, -0.25) is 9.69 Å². The summed E-state index contributed by atoms with van der Waals surface area (Å²) in [5.41, 5.74) is 0.518. The molecule has 4 N–H and O–H groups in total. The summed E-state index contributed by atoms with van der Waals surface area (Å²) in [5, 5.41) is 35.6. The van der Waals surface area contributed by atoms with Gasteiger partial charge in [-0.2, -0.15) is 5.26 Å². The van der Waals surface area contributed by atoms with Gasteiger partial charge in [0.2, 0.25) is 0 Å². The maximum absolute atomic E-state index is 13.6. The van der Waals surface area contributed by atoms with Crippen molar-refractivity contribution in [1.29, 1.82) is 5.26 Å². The number of benzene rings is 1. The zero-order chi connectivity index (χ0) is 29.8. The number of hydrogen-bond donors (Lipinski definition) is 4. The molecule has 2 saturated heterocycles. The van der Waals surface area contributed by atoms with Gasteiger partial charge >= 0.3 is 13.1 Å². The number of hydrogen-bond acceptors (Lipinski definition) is 7. The molecular formula is C28H36BF2N5O5. The van der Waals surface area contributed by atoms with Crippen LogP contribution in [-0.2, 0) is 11.2 Å². The van der Waals surface area contributed by atoms with Crippen LogP contribution in [0.15, 0.2) is 46.6 Å². The smallest absolute Gasteiger partial charge is 0.464 e. The molecule has 1 aromatic carbocycles. The quantitative estimate of drug-likeness (QED) is 0.206. The first kappa shape index (κ1) is 30.5. The summed E-state index contributed by atoms with van der Waals surface area (Å²) in [4.78, 5) is 29.4. The molecule has 0 saturated carbocycles. The predicted octanol–water partition coefficient (Wildman–Crippen LogP) is 2.61. The number of alkyl halides is 2. The molecule has 2 atom stereocenters. The average Bonchev–Trinajstić information content (AvgIpc) is 3.57. The van der Waals surface area contributed by atoms with Crippen LogP contribution in [0.1, 0.15) is 45.1 Å². The number of likely N-dealkylation sites (tertiary alicyclic amines) is 2. The van der Waals surface area contributed by atoms with Gasteiger partial charge in [0.25, 0.3) is 11.8 Å². The molecule has 13 heteroatoms. The molecule has 41 heavy (non-hydrogen) atoms. The van der Waals surface area contributed by atoms with E-state index < -0.39 is 36.5 Å². The summed E-state index contributed by atoms with van der Waals surface area (Å²) in [7, 11) is -1.82. The Bertz CT molecular complexity index is 1310. The Morgan fingerprint density at radius 3 is 2.66 bits per heavy atom. The molecule has 4 rings (SSSR count). The molecule has 2 aliphatic rings. The van der Waals surface area contributed by atoms with E-state index in [0.29, 0.717) is 30.5 Å². The van der Waals surface area contributed by atoms with Gasteiger partial charge in [-0.05, 0) is 50.8 Å². The molecular weight excluding hydrogens is 535 g/mol. The fourth-order valence-electron chi connectivity index (χ4n) is 5.56. The van der Waals surface area contributed by atoms with E-state index in [2.05, 4.69) is 10.6 Å². The molecule has 10 nitrogen and oxygen atoms in total. The van der Waals surface area contributed by atoms with Crippen molar-refractivity contribution in [3.63, 3.8) is 0 Å². The number of fused-ring (bicyclic) bond motifs is 1. The highest BCUT2D eigenvalue weighted by atomic mass is 19.3. The Hall–Kier alpha value is -3.47. The highest BCUT2D eigenvalue weighted by Crippen LogP contribution is 2.32. The van der Waals surface area contributed by atoms with Crippen LogP contribution in [0.3, 0.4) is 0 Å². The summed E-state index contributed by atoms with van der Waals surface area (Å²) in [5.74, 6) is -4.18. The monoisotopic (exact) mass is 571 g/mol. The summed E-state index contributed by atoms with van der Waals surface area (Å²) < 4.78 is 32.8. The predicted molar refractivity (Wildman–Crippen MR) is 149 cm³/mol. The Balaban J connectivity index is 1.35. The fraction of sp³-hybridized carbons (Fsp3) is 0.536. The van der Waals surface area contributed by atoms with Crippen molar-refractivity contribution in [1.82, 2.24) is 20.4 Å². The second-order valence-electron chi connectivity index (χ2n) is 11.3. The van der Waals surface area contributed by atoms with Crippen LogP contribution in [0.4, 0.5) is 13.6 Å². The van der Waals surface area contributed by atoms with E-state index in [-0.39, 0.29) is 50.5 Å². The molecule has 2 aliphatic heterocycles. The normalized spacial score (nSPS) is 20.5. The summed E-state index contributed by atoms with van der Waals surface area (Å²) in [6.07, 6.45) is 3.95. The van der Waals surface area contributed by atoms with Gasteiger partial charge in [-0.15, -0.1) is 0 Å². The number of nitrogens with zero attached hydrogens (tertiary/aromatic N) is 3. The molecule has 0 unspecified atom stereocenters. The van der Waals surface area contributed by atoms with Crippen LogP contribution in [0.5, 0.6) is 0 Å². The van der Waals surface area contributed by atoms with E-state index in [1.165, 1.54) is 6.26 Å². The van der Waals surface area contributed by atoms with E-state index in [1.54, 1.807) is 30.9 Å². The third-order valence-electron chi connectivity index (χ3n) is 7.97. The minimum absolute atomic E-state index is 0.0699. The van der Waals surface area contributed by atoms with Gasteiger partial charge < -0.3 is 30.0 Å². The number of amides is 3. The van der Waals surface area contributed by atoms with Crippen molar-refractivity contribution >= 4 is 30.0 Å². The van der Waals surface area contributed by atoms with Gasteiger partial charge in [0.15, 0.2) is 0 Å². The summed E-state index contributed by atoms with van der Waals surface area (Å²) in [6.45, 7) is 4.43. The second-order valence-corrected chi connectivity index (χ2v) is 11.3. The Labute approximate surface area is 238 Å². The first-order chi connectivity index (χ1) is 19.4. The topological polar surface area (TPSA) is 142 Å². The fourth-order valence-corrected chi connectivity index (χ4v) is 5.56. The first-order valence-corrected chi connectivity index (χ1v) is 13.8. The number of halogens is 2. The SMILES string of the molecule is CC(C)(/C=C(\C#N)C(=O)N1CCC[C@@H]1CNC(=O)N[C@@H](Cc1coc2ccccc12)B(O)O)N1CCC(F)(F)CC1.